The molecule has 1 unspecified atom stereocenters. The Hall–Kier alpha value is -2.90. The van der Waals surface area contributed by atoms with E-state index in [1.54, 1.807) is 24.3 Å². The fraction of sp³-hybridized carbons (Fsp3) is 0.167. The summed E-state index contributed by atoms with van der Waals surface area (Å²) in [5.74, 6) is -1.46. The first kappa shape index (κ1) is 18.4. The SMILES string of the molecule is NCc1c(N)cc(CC(N)/C=C(\N)c2ccc(C(=O)O)cc2)cc1F. The zero-order valence-corrected chi connectivity index (χ0v) is 13.6. The summed E-state index contributed by atoms with van der Waals surface area (Å²) in [6, 6.07) is 8.70. The van der Waals surface area contributed by atoms with Crippen molar-refractivity contribution < 1.29 is 14.3 Å². The third-order valence-electron chi connectivity index (χ3n) is 3.82. The lowest BCUT2D eigenvalue weighted by Crippen LogP contribution is -2.22. The molecule has 0 bridgehead atoms. The number of halogens is 1. The predicted molar refractivity (Wildman–Crippen MR) is 95.9 cm³/mol. The molecule has 2 aromatic carbocycles. The number of anilines is 1. The Bertz CT molecular complexity index is 780. The first-order chi connectivity index (χ1) is 11.8. The van der Waals surface area contributed by atoms with E-state index in [1.807, 2.05) is 0 Å². The molecule has 0 aromatic heterocycles. The minimum atomic E-state index is -1.01. The molecule has 0 aliphatic carbocycles. The average Bonchev–Trinajstić information content (AvgIpc) is 2.54. The number of rotatable bonds is 6. The molecule has 2 rings (SSSR count). The Morgan fingerprint density at radius 3 is 2.32 bits per heavy atom. The fourth-order valence-electron chi connectivity index (χ4n) is 2.51. The summed E-state index contributed by atoms with van der Waals surface area (Å²) < 4.78 is 13.9. The highest BCUT2D eigenvalue weighted by atomic mass is 19.1. The van der Waals surface area contributed by atoms with Crippen molar-refractivity contribution in [2.24, 2.45) is 17.2 Å². The van der Waals surface area contributed by atoms with E-state index in [2.05, 4.69) is 0 Å². The topological polar surface area (TPSA) is 141 Å². The summed E-state index contributed by atoms with van der Waals surface area (Å²) in [6.07, 6.45) is 1.99. The molecule has 0 saturated heterocycles. The van der Waals surface area contributed by atoms with Crippen molar-refractivity contribution >= 4 is 17.4 Å². The van der Waals surface area contributed by atoms with Gasteiger partial charge in [0.15, 0.2) is 0 Å². The van der Waals surface area contributed by atoms with E-state index < -0.39 is 17.8 Å². The predicted octanol–water partition coefficient (Wildman–Crippen LogP) is 1.43. The molecule has 0 radical (unpaired) electrons. The van der Waals surface area contributed by atoms with Crippen molar-refractivity contribution in [3.05, 3.63) is 70.5 Å². The van der Waals surface area contributed by atoms with Crippen molar-refractivity contribution in [3.63, 3.8) is 0 Å². The number of hydrogen-bond acceptors (Lipinski definition) is 5. The van der Waals surface area contributed by atoms with Crippen molar-refractivity contribution in [1.29, 1.82) is 0 Å². The van der Waals surface area contributed by atoms with Crippen LogP contribution in [-0.4, -0.2) is 17.1 Å². The summed E-state index contributed by atoms with van der Waals surface area (Å²) >= 11 is 0. The van der Waals surface area contributed by atoms with E-state index >= 15 is 0 Å². The van der Waals surface area contributed by atoms with Gasteiger partial charge in [-0.15, -0.1) is 0 Å². The Kier molecular flexibility index (Phi) is 5.74. The van der Waals surface area contributed by atoms with Crippen LogP contribution in [0.15, 0.2) is 42.5 Å². The molecular weight excluding hydrogens is 323 g/mol. The molecule has 0 aliphatic rings. The van der Waals surface area contributed by atoms with Crippen molar-refractivity contribution in [2.75, 3.05) is 5.73 Å². The number of benzene rings is 2. The highest BCUT2D eigenvalue weighted by Gasteiger charge is 2.10. The second kappa shape index (κ2) is 7.78. The van der Waals surface area contributed by atoms with Crippen LogP contribution in [0.1, 0.15) is 27.0 Å². The van der Waals surface area contributed by atoms with Gasteiger partial charge in [0.1, 0.15) is 5.82 Å². The molecule has 2 aromatic rings. The fourth-order valence-corrected chi connectivity index (χ4v) is 2.51. The maximum absolute atomic E-state index is 13.9. The number of nitrogens with two attached hydrogens (primary N) is 4. The number of hydrogen-bond donors (Lipinski definition) is 5. The van der Waals surface area contributed by atoms with Gasteiger partial charge in [-0.2, -0.15) is 0 Å². The Balaban J connectivity index is 2.14. The van der Waals surface area contributed by atoms with E-state index in [0.29, 0.717) is 28.9 Å². The number of carboxylic acid groups (broad SMARTS) is 1. The first-order valence-electron chi connectivity index (χ1n) is 7.65. The number of carbonyl (C=O) groups is 1. The highest BCUT2D eigenvalue weighted by Crippen LogP contribution is 2.20. The second-order valence-electron chi connectivity index (χ2n) is 5.72. The highest BCUT2D eigenvalue weighted by molar-refractivity contribution is 5.88. The van der Waals surface area contributed by atoms with Crippen LogP contribution >= 0.6 is 0 Å². The molecular formula is C18H21FN4O2. The number of nitrogen functional groups attached to an aromatic ring is 1. The van der Waals surface area contributed by atoms with E-state index in [9.17, 15) is 9.18 Å². The number of aromatic carboxylic acids is 1. The zero-order valence-electron chi connectivity index (χ0n) is 13.6. The van der Waals surface area contributed by atoms with Crippen LogP contribution in [0.4, 0.5) is 10.1 Å². The van der Waals surface area contributed by atoms with Gasteiger partial charge in [0, 0.05) is 29.5 Å². The van der Waals surface area contributed by atoms with Crippen LogP contribution in [0, 0.1) is 5.82 Å². The van der Waals surface area contributed by atoms with Crippen LogP contribution in [0.5, 0.6) is 0 Å². The van der Waals surface area contributed by atoms with Crippen molar-refractivity contribution in [2.45, 2.75) is 19.0 Å². The maximum Gasteiger partial charge on any atom is 0.335 e. The summed E-state index contributed by atoms with van der Waals surface area (Å²) in [4.78, 5) is 10.8. The first-order valence-corrected chi connectivity index (χ1v) is 7.65. The van der Waals surface area contributed by atoms with Gasteiger partial charge >= 0.3 is 5.97 Å². The van der Waals surface area contributed by atoms with Crippen LogP contribution in [0.3, 0.4) is 0 Å². The van der Waals surface area contributed by atoms with E-state index in [1.165, 1.54) is 18.2 Å². The van der Waals surface area contributed by atoms with Gasteiger partial charge in [-0.3, -0.25) is 0 Å². The van der Waals surface area contributed by atoms with Crippen LogP contribution in [0.25, 0.3) is 5.70 Å². The van der Waals surface area contributed by atoms with E-state index in [-0.39, 0.29) is 17.7 Å². The largest absolute Gasteiger partial charge is 0.478 e. The molecule has 0 fully saturated rings. The van der Waals surface area contributed by atoms with Crippen molar-refractivity contribution in [1.82, 2.24) is 0 Å². The van der Waals surface area contributed by atoms with Gasteiger partial charge in [-0.05, 0) is 47.9 Å². The standard InChI is InChI=1S/C18H21FN4O2/c19-15-6-10(7-17(23)14(15)9-20)5-13(21)8-16(22)11-1-3-12(4-2-11)18(24)25/h1-4,6-8,13H,5,9,20-23H2,(H,24,25)/b16-8-. The molecule has 132 valence electrons. The lowest BCUT2D eigenvalue weighted by molar-refractivity contribution is 0.0697. The molecule has 0 heterocycles. The maximum atomic E-state index is 13.9. The second-order valence-corrected chi connectivity index (χ2v) is 5.72. The normalized spacial score (nSPS) is 12.8. The quantitative estimate of drug-likeness (QED) is 0.502. The third kappa shape index (κ3) is 4.56. The summed E-state index contributed by atoms with van der Waals surface area (Å²) in [6.45, 7) is 0.0309. The Morgan fingerprint density at radius 1 is 1.20 bits per heavy atom. The third-order valence-corrected chi connectivity index (χ3v) is 3.82. The molecule has 0 aliphatic heterocycles. The number of carboxylic acids is 1. The molecule has 0 spiro atoms. The van der Waals surface area contributed by atoms with Gasteiger partial charge in [0.25, 0.3) is 0 Å². The van der Waals surface area contributed by atoms with Gasteiger partial charge in [-0.25, -0.2) is 9.18 Å². The summed E-state index contributed by atoms with van der Waals surface area (Å²) in [5.41, 5.74) is 25.8. The Morgan fingerprint density at radius 2 is 1.80 bits per heavy atom. The zero-order chi connectivity index (χ0) is 18.6. The monoisotopic (exact) mass is 344 g/mol. The molecule has 6 nitrogen and oxygen atoms in total. The van der Waals surface area contributed by atoms with E-state index in [4.69, 9.17) is 28.0 Å². The van der Waals surface area contributed by atoms with Crippen LogP contribution in [-0.2, 0) is 13.0 Å². The van der Waals surface area contributed by atoms with E-state index in [0.717, 1.165) is 0 Å². The lowest BCUT2D eigenvalue weighted by Gasteiger charge is -2.12. The molecule has 9 N–H and O–H groups in total. The molecule has 7 heteroatoms. The smallest absolute Gasteiger partial charge is 0.335 e. The van der Waals surface area contributed by atoms with Crippen LogP contribution in [0.2, 0.25) is 0 Å². The van der Waals surface area contributed by atoms with Gasteiger partial charge in [0.05, 0.1) is 5.56 Å². The van der Waals surface area contributed by atoms with Gasteiger partial charge in [0.2, 0.25) is 0 Å². The molecule has 25 heavy (non-hydrogen) atoms. The average molecular weight is 344 g/mol. The Labute approximate surface area is 144 Å². The van der Waals surface area contributed by atoms with Crippen molar-refractivity contribution in [3.8, 4) is 0 Å². The minimum absolute atomic E-state index is 0.0309. The lowest BCUT2D eigenvalue weighted by atomic mass is 10.0. The van der Waals surface area contributed by atoms with Crippen LogP contribution < -0.4 is 22.9 Å². The summed E-state index contributed by atoms with van der Waals surface area (Å²) in [5, 5.41) is 8.89. The minimum Gasteiger partial charge on any atom is -0.478 e. The van der Waals surface area contributed by atoms with Gasteiger partial charge < -0.3 is 28.0 Å². The van der Waals surface area contributed by atoms with Gasteiger partial charge in [-0.1, -0.05) is 12.1 Å². The molecule has 0 saturated carbocycles. The summed E-state index contributed by atoms with van der Waals surface area (Å²) in [7, 11) is 0. The molecule has 0 amide bonds. The molecule has 1 atom stereocenters.